The summed E-state index contributed by atoms with van der Waals surface area (Å²) in [5, 5.41) is 9.45. The van der Waals surface area contributed by atoms with Gasteiger partial charge in [0.1, 0.15) is 18.0 Å². The Kier molecular flexibility index (Phi) is 7.70. The second-order valence-corrected chi connectivity index (χ2v) is 12.9. The number of benzene rings is 4. The minimum atomic E-state index is -0.642. The Bertz CT molecular complexity index is 2570. The molecule has 0 aliphatic heterocycles. The molecule has 0 N–H and O–H groups in total. The van der Waals surface area contributed by atoms with Gasteiger partial charge in [-0.05, 0) is 99.6 Å². The van der Waals surface area contributed by atoms with Crippen molar-refractivity contribution in [3.8, 4) is 62.2 Å². The maximum Gasteiger partial charge on any atom is 0.270 e. The quantitative estimate of drug-likeness (QED) is 0.164. The molecule has 0 saturated heterocycles. The van der Waals surface area contributed by atoms with E-state index in [2.05, 4.69) is 118 Å². The van der Waals surface area contributed by atoms with Crippen LogP contribution in [-0.4, -0.2) is 19.9 Å². The molecule has 8 aromatic rings. The molecule has 0 spiro atoms. The highest BCUT2D eigenvalue weighted by molar-refractivity contribution is 5.90. The fraction of sp³-hybridized carbons (Fsp3) is 0.0213. The van der Waals surface area contributed by atoms with E-state index in [1.165, 1.54) is 11.1 Å². The van der Waals surface area contributed by atoms with Crippen molar-refractivity contribution in [2.75, 3.05) is 0 Å². The van der Waals surface area contributed by atoms with E-state index in [0.29, 0.717) is 11.5 Å². The van der Waals surface area contributed by atoms with Crippen LogP contribution in [0.5, 0.6) is 0 Å². The monoisotopic (exact) mass is 676 g/mol. The average molecular weight is 677 g/mol. The Hall–Kier alpha value is -7.54. The molecule has 4 aromatic carbocycles. The van der Waals surface area contributed by atoms with Crippen LogP contribution in [0.4, 0.5) is 5.82 Å². The van der Waals surface area contributed by atoms with Gasteiger partial charge in [0.2, 0.25) is 0 Å². The van der Waals surface area contributed by atoms with Gasteiger partial charge in [-0.3, -0.25) is 0 Å². The number of aromatic nitrogens is 4. The lowest BCUT2D eigenvalue weighted by molar-refractivity contribution is 0.769. The molecule has 246 valence electrons. The first kappa shape index (κ1) is 31.4. The Morgan fingerprint density at radius 2 is 0.962 bits per heavy atom. The SMILES string of the molecule is [C-]#[N+]c1cc(-c2cccc(-c3ccc4c(c3)C(c3ccccc3)(c3ccccc3)c3cc(-c5cccc(-c6ccnc(C#N)c6)n5)ccc3-4)n2)ccn1. The van der Waals surface area contributed by atoms with Crippen LogP contribution in [0.25, 0.3) is 61.0 Å². The molecule has 9 rings (SSSR count). The third-order valence-corrected chi connectivity index (χ3v) is 9.97. The van der Waals surface area contributed by atoms with Gasteiger partial charge in [-0.2, -0.15) is 5.26 Å². The molecule has 0 unspecified atom stereocenters. The van der Waals surface area contributed by atoms with Gasteiger partial charge in [-0.15, -0.1) is 4.98 Å². The first-order valence-corrected chi connectivity index (χ1v) is 17.2. The summed E-state index contributed by atoms with van der Waals surface area (Å²) in [4.78, 5) is 22.0. The van der Waals surface area contributed by atoms with Crippen LogP contribution >= 0.6 is 0 Å². The number of hydrogen-bond donors (Lipinski definition) is 0. The van der Waals surface area contributed by atoms with E-state index in [-0.39, 0.29) is 0 Å². The zero-order valence-corrected chi connectivity index (χ0v) is 28.3. The number of hydrogen-bond acceptors (Lipinski definition) is 5. The van der Waals surface area contributed by atoms with Gasteiger partial charge in [0, 0.05) is 22.9 Å². The Morgan fingerprint density at radius 1 is 0.491 bits per heavy atom. The molecule has 6 heteroatoms. The molecule has 0 saturated carbocycles. The van der Waals surface area contributed by atoms with Gasteiger partial charge in [0.05, 0.1) is 28.2 Å². The topological polar surface area (TPSA) is 79.7 Å². The highest BCUT2D eigenvalue weighted by Gasteiger charge is 2.46. The van der Waals surface area contributed by atoms with Crippen molar-refractivity contribution in [2.24, 2.45) is 0 Å². The van der Waals surface area contributed by atoms with E-state index >= 15 is 0 Å². The molecule has 0 fully saturated rings. The van der Waals surface area contributed by atoms with Gasteiger partial charge in [-0.1, -0.05) is 104 Å². The predicted octanol–water partition coefficient (Wildman–Crippen LogP) is 10.7. The molecule has 0 atom stereocenters. The minimum absolute atomic E-state index is 0.340. The highest BCUT2D eigenvalue weighted by Crippen LogP contribution is 2.57. The summed E-state index contributed by atoms with van der Waals surface area (Å²) < 4.78 is 0. The van der Waals surface area contributed by atoms with Gasteiger partial charge in [0.25, 0.3) is 5.82 Å². The van der Waals surface area contributed by atoms with Crippen molar-refractivity contribution in [1.82, 2.24) is 19.9 Å². The standard InChI is InChI=1S/C47H28N6/c1-49-46-29-34(23-25-51-46)45-17-9-15-43(53-45)32-19-21-39-38-20-18-31(42-14-8-16-44(52-42)33-22-24-50-37(26-33)30-48)27-40(38)47(41(39)28-32,35-10-4-2-5-11-35)36-12-6-3-7-13-36/h2-29H. The van der Waals surface area contributed by atoms with Crippen LogP contribution in [0.1, 0.15) is 27.9 Å². The molecule has 1 aliphatic rings. The number of pyridine rings is 4. The zero-order chi connectivity index (χ0) is 35.8. The Balaban J connectivity index is 1.25. The lowest BCUT2D eigenvalue weighted by Crippen LogP contribution is -2.28. The van der Waals surface area contributed by atoms with Crippen LogP contribution < -0.4 is 0 Å². The maximum absolute atomic E-state index is 9.45. The van der Waals surface area contributed by atoms with Gasteiger partial charge >= 0.3 is 0 Å². The number of fused-ring (bicyclic) bond motifs is 3. The van der Waals surface area contributed by atoms with Crippen molar-refractivity contribution >= 4 is 5.82 Å². The molecule has 0 radical (unpaired) electrons. The lowest BCUT2D eigenvalue weighted by Gasteiger charge is -2.34. The molecule has 6 nitrogen and oxygen atoms in total. The van der Waals surface area contributed by atoms with E-state index < -0.39 is 5.41 Å². The molecule has 0 amide bonds. The fourth-order valence-electron chi connectivity index (χ4n) is 7.61. The molecule has 4 aromatic heterocycles. The van der Waals surface area contributed by atoms with Crippen molar-refractivity contribution in [2.45, 2.75) is 5.41 Å². The van der Waals surface area contributed by atoms with E-state index in [4.69, 9.17) is 16.5 Å². The van der Waals surface area contributed by atoms with Crippen LogP contribution in [-0.2, 0) is 5.41 Å². The summed E-state index contributed by atoms with van der Waals surface area (Å²) in [5.74, 6) is 0.340. The second kappa shape index (κ2) is 13.0. The molecule has 0 bridgehead atoms. The van der Waals surface area contributed by atoms with Gasteiger partial charge < -0.3 is 4.85 Å². The van der Waals surface area contributed by atoms with Crippen molar-refractivity contribution in [1.29, 1.82) is 5.26 Å². The van der Waals surface area contributed by atoms with Crippen LogP contribution in [0.15, 0.2) is 170 Å². The fourth-order valence-corrected chi connectivity index (χ4v) is 7.61. The third-order valence-electron chi connectivity index (χ3n) is 9.97. The average Bonchev–Trinajstić information content (AvgIpc) is 3.54. The van der Waals surface area contributed by atoms with Gasteiger partial charge in [-0.25, -0.2) is 15.0 Å². The number of nitriles is 1. The van der Waals surface area contributed by atoms with E-state index in [9.17, 15) is 5.26 Å². The summed E-state index contributed by atoms with van der Waals surface area (Å²) in [6, 6.07) is 56.3. The van der Waals surface area contributed by atoms with E-state index in [1.807, 2.05) is 48.5 Å². The number of nitrogens with zero attached hydrogens (tertiary/aromatic N) is 6. The Labute approximate surface area is 307 Å². The molecular formula is C47H28N6. The van der Waals surface area contributed by atoms with Crippen LogP contribution in [0, 0.1) is 17.9 Å². The molecular weight excluding hydrogens is 649 g/mol. The smallest absolute Gasteiger partial charge is 0.270 e. The molecule has 4 heterocycles. The summed E-state index contributed by atoms with van der Waals surface area (Å²) in [7, 11) is 0. The summed E-state index contributed by atoms with van der Waals surface area (Å²) in [6.07, 6.45) is 3.30. The lowest BCUT2D eigenvalue weighted by atomic mass is 9.67. The first-order chi connectivity index (χ1) is 26.1. The van der Waals surface area contributed by atoms with E-state index in [1.54, 1.807) is 24.5 Å². The third kappa shape index (κ3) is 5.34. The van der Waals surface area contributed by atoms with Crippen molar-refractivity contribution in [3.63, 3.8) is 0 Å². The van der Waals surface area contributed by atoms with Crippen LogP contribution in [0.3, 0.4) is 0 Å². The van der Waals surface area contributed by atoms with E-state index in [0.717, 1.165) is 67.3 Å². The normalized spacial score (nSPS) is 12.3. The largest absolute Gasteiger partial charge is 0.361 e. The highest BCUT2D eigenvalue weighted by atomic mass is 14.9. The Morgan fingerprint density at radius 3 is 1.45 bits per heavy atom. The number of rotatable bonds is 6. The van der Waals surface area contributed by atoms with Crippen LogP contribution in [0.2, 0.25) is 0 Å². The molecule has 53 heavy (non-hydrogen) atoms. The summed E-state index contributed by atoms with van der Waals surface area (Å²) >= 11 is 0. The predicted molar refractivity (Wildman–Crippen MR) is 208 cm³/mol. The first-order valence-electron chi connectivity index (χ1n) is 17.2. The van der Waals surface area contributed by atoms with Crippen molar-refractivity contribution in [3.05, 3.63) is 209 Å². The zero-order valence-electron chi connectivity index (χ0n) is 28.3. The minimum Gasteiger partial charge on any atom is -0.361 e. The maximum atomic E-state index is 9.45. The summed E-state index contributed by atoms with van der Waals surface area (Å²) in [5.41, 5.74) is 13.6. The molecule has 1 aliphatic carbocycles. The second-order valence-electron chi connectivity index (χ2n) is 12.9. The van der Waals surface area contributed by atoms with Gasteiger partial charge in [0.15, 0.2) is 0 Å². The summed E-state index contributed by atoms with van der Waals surface area (Å²) in [6.45, 7) is 7.43. The van der Waals surface area contributed by atoms with Crippen molar-refractivity contribution < 1.29 is 0 Å².